The smallest absolute Gasteiger partial charge is 0.417 e. The minimum absolute atomic E-state index is 0.134. The molecular formula is C21H24F4IN5O3Si. The number of alkyl halides is 3. The summed E-state index contributed by atoms with van der Waals surface area (Å²) in [6.45, 7) is 6.84. The number of hydrogen-bond acceptors (Lipinski definition) is 6. The van der Waals surface area contributed by atoms with E-state index in [-0.39, 0.29) is 17.8 Å². The van der Waals surface area contributed by atoms with Crippen LogP contribution in [0.3, 0.4) is 0 Å². The maximum Gasteiger partial charge on any atom is 0.417 e. The van der Waals surface area contributed by atoms with Gasteiger partial charge in [0.15, 0.2) is 5.82 Å². The molecular weight excluding hydrogens is 601 g/mol. The van der Waals surface area contributed by atoms with E-state index in [2.05, 4.69) is 40.0 Å². The van der Waals surface area contributed by atoms with Gasteiger partial charge in [-0.1, -0.05) is 19.6 Å². The second-order valence-corrected chi connectivity index (χ2v) is 15.5. The van der Waals surface area contributed by atoms with Crippen LogP contribution in [-0.2, 0) is 29.0 Å². The minimum atomic E-state index is -4.90. The Morgan fingerprint density at radius 2 is 1.97 bits per heavy atom. The molecule has 0 aliphatic heterocycles. The molecule has 0 fully saturated rings. The third-order valence-electron chi connectivity index (χ3n) is 4.91. The zero-order valence-corrected chi connectivity index (χ0v) is 22.6. The summed E-state index contributed by atoms with van der Waals surface area (Å²) in [5.74, 6) is -1.62. The molecule has 3 aromatic rings. The fourth-order valence-corrected chi connectivity index (χ4v) is 4.50. The molecule has 0 saturated heterocycles. The second-order valence-electron chi connectivity index (χ2n) is 8.89. The first-order valence-corrected chi connectivity index (χ1v) is 15.3. The van der Waals surface area contributed by atoms with Gasteiger partial charge in [0.1, 0.15) is 33.9 Å². The Labute approximate surface area is 213 Å². The predicted molar refractivity (Wildman–Crippen MR) is 132 cm³/mol. The van der Waals surface area contributed by atoms with Crippen LogP contribution >= 0.6 is 22.6 Å². The molecule has 1 aromatic carbocycles. The van der Waals surface area contributed by atoms with E-state index in [1.807, 2.05) is 22.6 Å². The van der Waals surface area contributed by atoms with Crippen molar-refractivity contribution < 1.29 is 31.8 Å². The lowest BCUT2D eigenvalue weighted by atomic mass is 10.0. The number of aromatic nitrogens is 4. The summed E-state index contributed by atoms with van der Waals surface area (Å²) in [5, 5.41) is 6.50. The fourth-order valence-electron chi connectivity index (χ4n) is 3.09. The molecule has 190 valence electrons. The molecule has 0 aliphatic rings. The van der Waals surface area contributed by atoms with E-state index in [0.717, 1.165) is 18.2 Å². The number of benzene rings is 1. The van der Waals surface area contributed by atoms with Gasteiger partial charge in [-0.2, -0.15) is 18.3 Å². The van der Waals surface area contributed by atoms with Crippen molar-refractivity contribution in [3.8, 4) is 11.4 Å². The van der Waals surface area contributed by atoms with Gasteiger partial charge in [0.2, 0.25) is 0 Å². The average Bonchev–Trinajstić information content (AvgIpc) is 3.08. The lowest BCUT2D eigenvalue weighted by molar-refractivity contribution is -0.137. The van der Waals surface area contributed by atoms with Crippen LogP contribution in [0, 0.1) is 9.52 Å². The third kappa shape index (κ3) is 6.88. The molecule has 0 saturated carbocycles. The SMILES string of the molecule is CNC(=O)OCc1cc(F)c(-c2ncc3c(n2)c(I)nn3COCC[Si](C)(C)C)c(C(F)(F)F)c1. The Morgan fingerprint density at radius 3 is 2.60 bits per heavy atom. The van der Waals surface area contributed by atoms with Crippen LogP contribution in [0.25, 0.3) is 22.4 Å². The number of carbonyl (C=O) groups is 1. The van der Waals surface area contributed by atoms with Gasteiger partial charge in [-0.05, 0) is 46.3 Å². The molecule has 0 atom stereocenters. The highest BCUT2D eigenvalue weighted by atomic mass is 127. The Morgan fingerprint density at radius 1 is 1.26 bits per heavy atom. The number of ether oxygens (including phenoxy) is 2. The maximum atomic E-state index is 15.0. The van der Waals surface area contributed by atoms with E-state index in [1.54, 1.807) is 0 Å². The first kappa shape index (κ1) is 27.3. The molecule has 0 spiro atoms. The Balaban J connectivity index is 1.96. The molecule has 0 unspecified atom stereocenters. The van der Waals surface area contributed by atoms with Gasteiger partial charge in [-0.3, -0.25) is 0 Å². The first-order chi connectivity index (χ1) is 16.3. The molecule has 0 aliphatic carbocycles. The van der Waals surface area contributed by atoms with Gasteiger partial charge in [-0.15, -0.1) is 0 Å². The van der Waals surface area contributed by atoms with Crippen LogP contribution in [0.1, 0.15) is 11.1 Å². The van der Waals surface area contributed by atoms with Gasteiger partial charge >= 0.3 is 12.3 Å². The number of nitrogens with zero attached hydrogens (tertiary/aromatic N) is 4. The summed E-state index contributed by atoms with van der Waals surface area (Å²) in [5.41, 5.74) is -1.50. The quantitative estimate of drug-likeness (QED) is 0.156. The normalized spacial score (nSPS) is 12.3. The average molecular weight is 625 g/mol. The lowest BCUT2D eigenvalue weighted by Crippen LogP contribution is -2.22. The minimum Gasteiger partial charge on any atom is -0.445 e. The van der Waals surface area contributed by atoms with E-state index in [4.69, 9.17) is 9.47 Å². The molecule has 14 heteroatoms. The number of carbonyl (C=O) groups excluding carboxylic acids is 1. The monoisotopic (exact) mass is 625 g/mol. The number of nitrogens with one attached hydrogen (secondary N) is 1. The van der Waals surface area contributed by atoms with Crippen LogP contribution in [-0.4, -0.2) is 47.6 Å². The van der Waals surface area contributed by atoms with Gasteiger partial charge in [0.25, 0.3) is 0 Å². The zero-order chi connectivity index (χ0) is 26.0. The number of halogens is 5. The van der Waals surface area contributed by atoms with Gasteiger partial charge in [0.05, 0.1) is 17.3 Å². The molecule has 3 rings (SSSR count). The highest BCUT2D eigenvalue weighted by molar-refractivity contribution is 14.1. The van der Waals surface area contributed by atoms with Crippen LogP contribution in [0.4, 0.5) is 22.4 Å². The van der Waals surface area contributed by atoms with Crippen molar-refractivity contribution in [2.75, 3.05) is 13.7 Å². The predicted octanol–water partition coefficient (Wildman–Crippen LogP) is 5.42. The van der Waals surface area contributed by atoms with Crippen LogP contribution in [0.15, 0.2) is 18.3 Å². The lowest BCUT2D eigenvalue weighted by Gasteiger charge is -2.16. The van der Waals surface area contributed by atoms with Crippen molar-refractivity contribution in [1.29, 1.82) is 0 Å². The van der Waals surface area contributed by atoms with E-state index in [1.165, 1.54) is 17.9 Å². The van der Waals surface area contributed by atoms with Crippen molar-refractivity contribution in [3.63, 3.8) is 0 Å². The molecule has 2 heterocycles. The summed E-state index contributed by atoms with van der Waals surface area (Å²) in [6, 6.07) is 2.55. The third-order valence-corrected chi connectivity index (χ3v) is 7.35. The first-order valence-electron chi connectivity index (χ1n) is 10.5. The number of fused-ring (bicyclic) bond motifs is 1. The summed E-state index contributed by atoms with van der Waals surface area (Å²) in [7, 11) is 0.0272. The van der Waals surface area contributed by atoms with Crippen molar-refractivity contribution in [3.05, 3.63) is 39.0 Å². The molecule has 35 heavy (non-hydrogen) atoms. The molecule has 2 aromatic heterocycles. The van der Waals surface area contributed by atoms with E-state index >= 15 is 0 Å². The van der Waals surface area contributed by atoms with Crippen molar-refractivity contribution in [2.45, 2.75) is 45.2 Å². The molecule has 1 amide bonds. The second kappa shape index (κ2) is 10.7. The zero-order valence-electron chi connectivity index (χ0n) is 19.5. The highest BCUT2D eigenvalue weighted by Gasteiger charge is 2.37. The topological polar surface area (TPSA) is 91.2 Å². The fraction of sp³-hybridized carbons (Fsp3) is 0.429. The Hall–Kier alpha value is -2.33. The molecule has 0 bridgehead atoms. The number of alkyl carbamates (subject to hydrolysis) is 1. The largest absolute Gasteiger partial charge is 0.445 e. The Kier molecular flexibility index (Phi) is 8.36. The van der Waals surface area contributed by atoms with E-state index in [9.17, 15) is 22.4 Å². The Bertz CT molecular complexity index is 1230. The van der Waals surface area contributed by atoms with E-state index in [0.29, 0.717) is 15.8 Å². The van der Waals surface area contributed by atoms with Gasteiger partial charge in [0, 0.05) is 21.7 Å². The van der Waals surface area contributed by atoms with Crippen LogP contribution in [0.2, 0.25) is 25.7 Å². The number of rotatable bonds is 8. The standard InChI is InChI=1S/C21H24F4IN5O3Si/c1-27-20(32)34-10-12-7-13(21(23,24)25)16(14(22)8-12)19-28-9-15-17(29-19)18(26)30-31(15)11-33-5-6-35(2,3)4/h7-9H,5-6,10-11H2,1-4H3,(H,27,32). The number of hydrogen-bond donors (Lipinski definition) is 1. The van der Waals surface area contributed by atoms with E-state index < -0.39 is 49.7 Å². The molecule has 1 N–H and O–H groups in total. The molecule has 0 radical (unpaired) electrons. The van der Waals surface area contributed by atoms with Crippen molar-refractivity contribution >= 4 is 47.8 Å². The molecule has 8 nitrogen and oxygen atoms in total. The van der Waals surface area contributed by atoms with Gasteiger partial charge in [-0.25, -0.2) is 23.8 Å². The van der Waals surface area contributed by atoms with Crippen molar-refractivity contribution in [1.82, 2.24) is 25.1 Å². The van der Waals surface area contributed by atoms with Gasteiger partial charge < -0.3 is 14.8 Å². The maximum absolute atomic E-state index is 15.0. The van der Waals surface area contributed by atoms with Crippen LogP contribution in [0.5, 0.6) is 0 Å². The highest BCUT2D eigenvalue weighted by Crippen LogP contribution is 2.39. The summed E-state index contributed by atoms with van der Waals surface area (Å²) in [6.07, 6.45) is -4.46. The summed E-state index contributed by atoms with van der Waals surface area (Å²) in [4.78, 5) is 19.5. The summed E-state index contributed by atoms with van der Waals surface area (Å²) >= 11 is 1.91. The summed E-state index contributed by atoms with van der Waals surface area (Å²) < 4.78 is 68.9. The number of amides is 1. The van der Waals surface area contributed by atoms with Crippen molar-refractivity contribution in [2.24, 2.45) is 0 Å². The van der Waals surface area contributed by atoms with Crippen LogP contribution < -0.4 is 5.32 Å².